The second-order valence-corrected chi connectivity index (χ2v) is 15.8. The van der Waals surface area contributed by atoms with Crippen molar-refractivity contribution in [2.75, 3.05) is 26.3 Å². The minimum absolute atomic E-state index is 0.0237. The van der Waals surface area contributed by atoms with Gasteiger partial charge in [0.05, 0.1) is 24.9 Å². The summed E-state index contributed by atoms with van der Waals surface area (Å²) in [5, 5.41) is 5.34. The zero-order chi connectivity index (χ0) is 27.0. The van der Waals surface area contributed by atoms with E-state index in [1.165, 1.54) is 64.2 Å². The minimum Gasteiger partial charge on any atom is -0.379 e. The maximum Gasteiger partial charge on any atom is 0.329 e. The molecule has 6 heteroatoms. The Bertz CT molecular complexity index is 929. The normalized spacial score (nSPS) is 53.4. The molecule has 7 fully saturated rings. The van der Waals surface area contributed by atoms with Gasteiger partial charge >= 0.3 is 6.03 Å². The second-order valence-electron chi connectivity index (χ2n) is 15.8. The lowest BCUT2D eigenvalue weighted by molar-refractivity contribution is -0.128. The molecule has 7 aliphatic rings. The molecule has 7 rings (SSSR count). The number of fused-ring (bicyclic) bond motifs is 7. The molecular weight excluding hydrogens is 486 g/mol. The molecular formula is C33H55N3O3. The third-order valence-corrected chi connectivity index (χ3v) is 14.2. The molecule has 10 atom stereocenters. The van der Waals surface area contributed by atoms with E-state index in [9.17, 15) is 4.79 Å². The van der Waals surface area contributed by atoms with Crippen LogP contribution < -0.4 is 10.7 Å². The molecule has 1 spiro atoms. The summed E-state index contributed by atoms with van der Waals surface area (Å²) in [4.78, 5) is 12.7. The minimum atomic E-state index is -0.0237. The van der Waals surface area contributed by atoms with Gasteiger partial charge in [-0.2, -0.15) is 0 Å². The molecule has 5 aliphatic carbocycles. The van der Waals surface area contributed by atoms with Crippen LogP contribution in [0.25, 0.3) is 0 Å². The topological polar surface area (TPSA) is 62.8 Å². The van der Waals surface area contributed by atoms with Crippen LogP contribution in [0.3, 0.4) is 0 Å². The summed E-state index contributed by atoms with van der Waals surface area (Å²) in [5.74, 6) is 5.70. The Hall–Kier alpha value is -0.850. The predicted octanol–water partition coefficient (Wildman–Crippen LogP) is 6.15. The van der Waals surface area contributed by atoms with Gasteiger partial charge in [-0.15, -0.1) is 0 Å². The lowest BCUT2D eigenvalue weighted by Crippen LogP contribution is -2.57. The number of amides is 2. The van der Waals surface area contributed by atoms with Crippen LogP contribution in [0.4, 0.5) is 4.79 Å². The third kappa shape index (κ3) is 4.31. The standard InChI is InChI=1S/C33H55N3O3/c1-21-7-13-33(14-8-21)22(2)29-28(39-33)20-27-25-6-5-23-19-24(34-30(37)35-36-15-17-38-18-16-36)9-11-31(23,3)26(25)10-12-32(27,29)4/h21-29H,5-20H2,1-4H3,(H2,34,35,37)/t21?,22-,23+,24+,25+,26-,27-,28-,29-,31-,32-,33?/m0/s1. The summed E-state index contributed by atoms with van der Waals surface area (Å²) in [7, 11) is 0. The number of carbonyl (C=O) groups is 1. The van der Waals surface area contributed by atoms with E-state index >= 15 is 0 Å². The largest absolute Gasteiger partial charge is 0.379 e. The van der Waals surface area contributed by atoms with Crippen molar-refractivity contribution in [1.29, 1.82) is 0 Å². The molecule has 0 aromatic rings. The van der Waals surface area contributed by atoms with Gasteiger partial charge in [0.15, 0.2) is 0 Å². The molecule has 0 bridgehead atoms. The molecule has 2 N–H and O–H groups in total. The van der Waals surface area contributed by atoms with E-state index in [0.29, 0.717) is 36.2 Å². The van der Waals surface area contributed by atoms with Gasteiger partial charge in [0.2, 0.25) is 0 Å². The third-order valence-electron chi connectivity index (χ3n) is 14.2. The lowest BCUT2D eigenvalue weighted by Gasteiger charge is -2.61. The highest BCUT2D eigenvalue weighted by molar-refractivity contribution is 5.73. The summed E-state index contributed by atoms with van der Waals surface area (Å²) in [6.45, 7) is 13.3. The first-order chi connectivity index (χ1) is 18.7. The number of hydrogen-bond acceptors (Lipinski definition) is 4. The Morgan fingerprint density at radius 3 is 2.36 bits per heavy atom. The summed E-state index contributed by atoms with van der Waals surface area (Å²) >= 11 is 0. The number of hydrazine groups is 1. The fourth-order valence-corrected chi connectivity index (χ4v) is 12.0. The fraction of sp³-hybridized carbons (Fsp3) is 0.970. The van der Waals surface area contributed by atoms with Crippen LogP contribution in [0.5, 0.6) is 0 Å². The molecule has 2 saturated heterocycles. The van der Waals surface area contributed by atoms with Gasteiger partial charge in [0.1, 0.15) is 0 Å². The zero-order valence-corrected chi connectivity index (χ0v) is 25.2. The number of nitrogens with zero attached hydrogens (tertiary/aromatic N) is 1. The summed E-state index contributed by atoms with van der Waals surface area (Å²) in [6.07, 6.45) is 16.3. The Morgan fingerprint density at radius 2 is 1.59 bits per heavy atom. The average molecular weight is 542 g/mol. The number of urea groups is 1. The first-order valence-electron chi connectivity index (χ1n) is 16.8. The quantitative estimate of drug-likeness (QED) is 0.440. The molecule has 5 saturated carbocycles. The Morgan fingerprint density at radius 1 is 0.846 bits per heavy atom. The molecule has 0 aromatic carbocycles. The van der Waals surface area contributed by atoms with Crippen LogP contribution in [-0.4, -0.2) is 55.1 Å². The number of nitrogens with one attached hydrogen (secondary N) is 2. The fourth-order valence-electron chi connectivity index (χ4n) is 12.0. The van der Waals surface area contributed by atoms with E-state index in [-0.39, 0.29) is 11.6 Å². The van der Waals surface area contributed by atoms with E-state index in [1.807, 2.05) is 5.01 Å². The van der Waals surface area contributed by atoms with Gasteiger partial charge in [-0.25, -0.2) is 9.80 Å². The van der Waals surface area contributed by atoms with Crippen molar-refractivity contribution in [3.05, 3.63) is 0 Å². The van der Waals surface area contributed by atoms with Crippen molar-refractivity contribution in [3.8, 4) is 0 Å². The number of rotatable bonds is 2. The molecule has 2 aliphatic heterocycles. The summed E-state index contributed by atoms with van der Waals surface area (Å²) in [5.41, 5.74) is 4.16. The van der Waals surface area contributed by atoms with Gasteiger partial charge in [-0.3, -0.25) is 5.43 Å². The Balaban J connectivity index is 1.00. The Labute approximate surface area is 237 Å². The highest BCUT2D eigenvalue weighted by Gasteiger charge is 2.68. The van der Waals surface area contributed by atoms with Crippen molar-refractivity contribution in [3.63, 3.8) is 0 Å². The number of morpholine rings is 1. The van der Waals surface area contributed by atoms with Crippen LogP contribution in [0.2, 0.25) is 0 Å². The average Bonchev–Trinajstić information content (AvgIpc) is 3.36. The van der Waals surface area contributed by atoms with Crippen LogP contribution in [0, 0.1) is 52.3 Å². The van der Waals surface area contributed by atoms with E-state index in [2.05, 4.69) is 38.4 Å². The Kier molecular flexibility index (Phi) is 6.83. The van der Waals surface area contributed by atoms with Crippen molar-refractivity contribution < 1.29 is 14.3 Å². The smallest absolute Gasteiger partial charge is 0.329 e. The van der Waals surface area contributed by atoms with E-state index in [1.54, 1.807) is 0 Å². The molecule has 0 unspecified atom stereocenters. The van der Waals surface area contributed by atoms with E-state index < -0.39 is 0 Å². The van der Waals surface area contributed by atoms with Gasteiger partial charge in [0.25, 0.3) is 0 Å². The van der Waals surface area contributed by atoms with Crippen LogP contribution in [-0.2, 0) is 9.47 Å². The maximum atomic E-state index is 12.7. The van der Waals surface area contributed by atoms with Crippen LogP contribution >= 0.6 is 0 Å². The SMILES string of the molecule is CC1CCC2(CC1)O[C@H]1C[C@H]3[C@@H]4CC[C@@H]5C[C@H](NC(=O)NN6CCOCC6)CC[C@]5(C)[C@H]4CC[C@]3(C)[C@H]1[C@@H]2C. The summed E-state index contributed by atoms with van der Waals surface area (Å²) < 4.78 is 12.6. The van der Waals surface area contributed by atoms with Crippen molar-refractivity contribution in [1.82, 2.24) is 15.8 Å². The van der Waals surface area contributed by atoms with Gasteiger partial charge < -0.3 is 14.8 Å². The maximum absolute atomic E-state index is 12.7. The van der Waals surface area contributed by atoms with Crippen molar-refractivity contribution >= 4 is 6.03 Å². The molecule has 2 heterocycles. The highest BCUT2D eigenvalue weighted by atomic mass is 16.5. The van der Waals surface area contributed by atoms with Crippen molar-refractivity contribution in [2.24, 2.45) is 52.3 Å². The molecule has 220 valence electrons. The number of carbonyl (C=O) groups excluding carboxylic acids is 1. The molecule has 0 aromatic heterocycles. The number of ether oxygens (including phenoxy) is 2. The number of hydrogen-bond donors (Lipinski definition) is 2. The molecule has 6 nitrogen and oxygen atoms in total. The lowest BCUT2D eigenvalue weighted by atomic mass is 9.44. The van der Waals surface area contributed by atoms with Gasteiger partial charge in [0, 0.05) is 19.1 Å². The first-order valence-corrected chi connectivity index (χ1v) is 16.8. The van der Waals surface area contributed by atoms with Gasteiger partial charge in [-0.05, 0) is 129 Å². The summed E-state index contributed by atoms with van der Waals surface area (Å²) in [6, 6.07) is 0.286. The first kappa shape index (κ1) is 27.0. The monoisotopic (exact) mass is 541 g/mol. The second kappa shape index (κ2) is 9.87. The van der Waals surface area contributed by atoms with E-state index in [0.717, 1.165) is 67.4 Å². The molecule has 2 amide bonds. The van der Waals surface area contributed by atoms with Crippen LogP contribution in [0.1, 0.15) is 105 Å². The zero-order valence-electron chi connectivity index (χ0n) is 25.2. The van der Waals surface area contributed by atoms with Crippen LogP contribution in [0.15, 0.2) is 0 Å². The molecule has 39 heavy (non-hydrogen) atoms. The van der Waals surface area contributed by atoms with Crippen molar-refractivity contribution in [2.45, 2.75) is 122 Å². The van der Waals surface area contributed by atoms with E-state index in [4.69, 9.17) is 9.47 Å². The van der Waals surface area contributed by atoms with Gasteiger partial charge in [-0.1, -0.05) is 27.7 Å². The molecule has 0 radical (unpaired) electrons. The predicted molar refractivity (Wildman–Crippen MR) is 153 cm³/mol. The highest BCUT2D eigenvalue weighted by Crippen LogP contribution is 2.71.